The predicted molar refractivity (Wildman–Crippen MR) is 72.3 cm³/mol. The van der Waals surface area contributed by atoms with Gasteiger partial charge in [0.2, 0.25) is 0 Å². The fourth-order valence-corrected chi connectivity index (χ4v) is 2.60. The highest BCUT2D eigenvalue weighted by Crippen LogP contribution is 2.39. The summed E-state index contributed by atoms with van der Waals surface area (Å²) in [6, 6.07) is 5.17. The molecule has 3 rings (SSSR count). The van der Waals surface area contributed by atoms with E-state index in [2.05, 4.69) is 4.90 Å². The maximum atomic E-state index is 14.1. The number of rotatable bonds is 4. The molecule has 2 aliphatic heterocycles. The van der Waals surface area contributed by atoms with Gasteiger partial charge in [-0.05, 0) is 31.4 Å². The molecule has 0 aliphatic carbocycles. The van der Waals surface area contributed by atoms with Crippen LogP contribution in [0.4, 0.5) is 10.1 Å². The Morgan fingerprint density at radius 3 is 2.68 bits per heavy atom. The lowest BCUT2D eigenvalue weighted by atomic mass is 9.97. The van der Waals surface area contributed by atoms with Crippen LogP contribution in [0.25, 0.3) is 0 Å². The smallest absolute Gasteiger partial charge is 0.150 e. The SMILES string of the molecule is CCCOc1ccc(N2CCC3(CC2)CO3)c(F)c1. The number of anilines is 1. The van der Waals surface area contributed by atoms with E-state index in [1.165, 1.54) is 6.07 Å². The van der Waals surface area contributed by atoms with Gasteiger partial charge >= 0.3 is 0 Å². The number of epoxide rings is 1. The number of piperidine rings is 1. The van der Waals surface area contributed by atoms with Crippen LogP contribution in [-0.2, 0) is 4.74 Å². The first-order valence-corrected chi connectivity index (χ1v) is 7.04. The van der Waals surface area contributed by atoms with Crippen LogP contribution in [0, 0.1) is 5.82 Å². The lowest BCUT2D eigenvalue weighted by Gasteiger charge is -2.32. The molecule has 2 saturated heterocycles. The van der Waals surface area contributed by atoms with Gasteiger partial charge in [-0.15, -0.1) is 0 Å². The second kappa shape index (κ2) is 5.00. The highest BCUT2D eigenvalue weighted by atomic mass is 19.1. The largest absolute Gasteiger partial charge is 0.493 e. The highest BCUT2D eigenvalue weighted by molar-refractivity contribution is 5.51. The molecule has 1 aromatic rings. The lowest BCUT2D eigenvalue weighted by Crippen LogP contribution is -2.38. The molecule has 0 amide bonds. The monoisotopic (exact) mass is 265 g/mol. The van der Waals surface area contributed by atoms with E-state index in [0.29, 0.717) is 18.0 Å². The van der Waals surface area contributed by atoms with E-state index in [0.717, 1.165) is 39.0 Å². The van der Waals surface area contributed by atoms with Crippen molar-refractivity contribution in [1.82, 2.24) is 0 Å². The number of nitrogens with zero attached hydrogens (tertiary/aromatic N) is 1. The topological polar surface area (TPSA) is 25.0 Å². The normalized spacial score (nSPS) is 20.6. The average Bonchev–Trinajstić information content (AvgIpc) is 3.18. The van der Waals surface area contributed by atoms with Crippen LogP contribution in [0.5, 0.6) is 5.75 Å². The Kier molecular flexibility index (Phi) is 3.35. The van der Waals surface area contributed by atoms with Crippen LogP contribution in [0.1, 0.15) is 26.2 Å². The zero-order valence-corrected chi connectivity index (χ0v) is 11.3. The minimum atomic E-state index is -0.193. The maximum Gasteiger partial charge on any atom is 0.150 e. The molecule has 0 atom stereocenters. The van der Waals surface area contributed by atoms with Gasteiger partial charge < -0.3 is 14.4 Å². The quantitative estimate of drug-likeness (QED) is 0.782. The van der Waals surface area contributed by atoms with E-state index in [9.17, 15) is 4.39 Å². The Morgan fingerprint density at radius 1 is 1.37 bits per heavy atom. The second-order valence-electron chi connectivity index (χ2n) is 5.42. The summed E-state index contributed by atoms with van der Waals surface area (Å²) in [5.41, 5.74) is 0.816. The molecule has 2 heterocycles. The fourth-order valence-electron chi connectivity index (χ4n) is 2.60. The Balaban J connectivity index is 1.67. The van der Waals surface area contributed by atoms with Crippen LogP contribution in [-0.4, -0.2) is 31.9 Å². The average molecular weight is 265 g/mol. The summed E-state index contributed by atoms with van der Waals surface area (Å²) in [5, 5.41) is 0. The molecule has 3 nitrogen and oxygen atoms in total. The van der Waals surface area contributed by atoms with Crippen molar-refractivity contribution in [2.75, 3.05) is 31.2 Å². The molecule has 0 bridgehead atoms. The maximum absolute atomic E-state index is 14.1. The third kappa shape index (κ3) is 2.68. The first-order chi connectivity index (χ1) is 9.22. The standard InChI is InChI=1S/C15H20FNO2/c1-2-9-18-12-3-4-14(13(16)10-12)17-7-5-15(6-8-17)11-19-15/h3-4,10H,2,5-9,11H2,1H3. The van der Waals surface area contributed by atoms with E-state index in [4.69, 9.17) is 9.47 Å². The van der Waals surface area contributed by atoms with Gasteiger partial charge in [-0.1, -0.05) is 6.92 Å². The predicted octanol–water partition coefficient (Wildman–Crippen LogP) is 2.98. The molecule has 0 unspecified atom stereocenters. The molecule has 0 radical (unpaired) electrons. The number of benzene rings is 1. The zero-order valence-electron chi connectivity index (χ0n) is 11.3. The third-order valence-electron chi connectivity index (χ3n) is 3.96. The summed E-state index contributed by atoms with van der Waals surface area (Å²) >= 11 is 0. The molecule has 4 heteroatoms. The summed E-state index contributed by atoms with van der Waals surface area (Å²) in [6.45, 7) is 5.28. The van der Waals surface area contributed by atoms with Crippen molar-refractivity contribution in [1.29, 1.82) is 0 Å². The fraction of sp³-hybridized carbons (Fsp3) is 0.600. The lowest BCUT2D eigenvalue weighted by molar-refractivity contribution is 0.258. The number of hydrogen-bond donors (Lipinski definition) is 0. The van der Waals surface area contributed by atoms with Gasteiger partial charge in [-0.3, -0.25) is 0 Å². The van der Waals surface area contributed by atoms with E-state index in [1.807, 2.05) is 19.1 Å². The molecule has 0 N–H and O–H groups in total. The summed E-state index contributed by atoms with van der Waals surface area (Å²) in [4.78, 5) is 2.10. The van der Waals surface area contributed by atoms with Gasteiger partial charge in [0.15, 0.2) is 0 Å². The van der Waals surface area contributed by atoms with Crippen molar-refractivity contribution in [2.45, 2.75) is 31.8 Å². The first kappa shape index (κ1) is 12.7. The van der Waals surface area contributed by atoms with E-state index < -0.39 is 0 Å². The minimum absolute atomic E-state index is 0.136. The minimum Gasteiger partial charge on any atom is -0.493 e. The number of hydrogen-bond acceptors (Lipinski definition) is 3. The zero-order chi connectivity index (χ0) is 13.3. The number of halogens is 1. The van der Waals surface area contributed by atoms with Gasteiger partial charge in [0.05, 0.1) is 24.5 Å². The van der Waals surface area contributed by atoms with Crippen molar-refractivity contribution in [3.63, 3.8) is 0 Å². The van der Waals surface area contributed by atoms with Gasteiger partial charge in [0.25, 0.3) is 0 Å². The van der Waals surface area contributed by atoms with Crippen molar-refractivity contribution in [2.24, 2.45) is 0 Å². The third-order valence-corrected chi connectivity index (χ3v) is 3.96. The van der Waals surface area contributed by atoms with Crippen LogP contribution in [0.2, 0.25) is 0 Å². The molecule has 0 aromatic heterocycles. The molecule has 104 valence electrons. The van der Waals surface area contributed by atoms with E-state index in [1.54, 1.807) is 0 Å². The Hall–Kier alpha value is -1.29. The summed E-state index contributed by atoms with van der Waals surface area (Å²) in [5.74, 6) is 0.420. The van der Waals surface area contributed by atoms with Crippen LogP contribution < -0.4 is 9.64 Å². The molecular weight excluding hydrogens is 245 g/mol. The first-order valence-electron chi connectivity index (χ1n) is 7.04. The summed E-state index contributed by atoms with van der Waals surface area (Å²) in [7, 11) is 0. The Morgan fingerprint density at radius 2 is 2.11 bits per heavy atom. The molecule has 1 aromatic carbocycles. The molecule has 0 saturated carbocycles. The van der Waals surface area contributed by atoms with Gasteiger partial charge in [0.1, 0.15) is 11.6 Å². The molecule has 1 spiro atoms. The summed E-state index contributed by atoms with van der Waals surface area (Å²) < 4.78 is 25.0. The Labute approximate surface area is 113 Å². The molecule has 2 aliphatic rings. The van der Waals surface area contributed by atoms with Gasteiger partial charge in [-0.25, -0.2) is 4.39 Å². The molecular formula is C15H20FNO2. The van der Waals surface area contributed by atoms with Crippen molar-refractivity contribution in [3.05, 3.63) is 24.0 Å². The molecule has 2 fully saturated rings. The summed E-state index contributed by atoms with van der Waals surface area (Å²) in [6.07, 6.45) is 2.93. The molecule has 19 heavy (non-hydrogen) atoms. The van der Waals surface area contributed by atoms with Crippen molar-refractivity contribution >= 4 is 5.69 Å². The van der Waals surface area contributed by atoms with Gasteiger partial charge in [-0.2, -0.15) is 0 Å². The van der Waals surface area contributed by atoms with Crippen molar-refractivity contribution in [3.8, 4) is 5.75 Å². The van der Waals surface area contributed by atoms with Crippen LogP contribution in [0.3, 0.4) is 0 Å². The number of ether oxygens (including phenoxy) is 2. The van der Waals surface area contributed by atoms with Crippen LogP contribution >= 0.6 is 0 Å². The van der Waals surface area contributed by atoms with Crippen molar-refractivity contribution < 1.29 is 13.9 Å². The Bertz CT molecular complexity index is 449. The van der Waals surface area contributed by atoms with E-state index in [-0.39, 0.29) is 11.4 Å². The van der Waals surface area contributed by atoms with Crippen LogP contribution in [0.15, 0.2) is 18.2 Å². The highest BCUT2D eigenvalue weighted by Gasteiger charge is 2.46. The second-order valence-corrected chi connectivity index (χ2v) is 5.42. The van der Waals surface area contributed by atoms with E-state index >= 15 is 0 Å². The van der Waals surface area contributed by atoms with Gasteiger partial charge in [0, 0.05) is 19.2 Å².